The fourth-order valence-electron chi connectivity index (χ4n) is 1.31. The summed E-state index contributed by atoms with van der Waals surface area (Å²) in [6, 6.07) is -0.0402. The maximum Gasteiger partial charge on any atom is 0.237 e. The molecule has 1 atom stereocenters. The van der Waals surface area contributed by atoms with Gasteiger partial charge in [0.15, 0.2) is 0 Å². The van der Waals surface area contributed by atoms with Crippen molar-refractivity contribution >= 4 is 5.91 Å². The van der Waals surface area contributed by atoms with Gasteiger partial charge >= 0.3 is 0 Å². The van der Waals surface area contributed by atoms with Crippen LogP contribution in [0.5, 0.6) is 0 Å². The molecule has 0 spiro atoms. The highest BCUT2D eigenvalue weighted by molar-refractivity contribution is 5.81. The van der Waals surface area contributed by atoms with Crippen molar-refractivity contribution in [1.82, 2.24) is 10.2 Å². The number of carbonyl (C=O) groups excluding carboxylic acids is 1. The Bertz CT molecular complexity index is 169. The topological polar surface area (TPSA) is 58.4 Å². The molecule has 0 aliphatic heterocycles. The summed E-state index contributed by atoms with van der Waals surface area (Å²) in [5, 5.41) is 2.81. The van der Waals surface area contributed by atoms with Crippen molar-refractivity contribution in [3.8, 4) is 0 Å². The van der Waals surface area contributed by atoms with Crippen LogP contribution in [0.4, 0.5) is 0 Å². The quantitative estimate of drug-likeness (QED) is 0.638. The first-order valence-corrected chi connectivity index (χ1v) is 5.13. The summed E-state index contributed by atoms with van der Waals surface area (Å²) in [5.41, 5.74) is 5.33. The molecule has 84 valence electrons. The van der Waals surface area contributed by atoms with Crippen LogP contribution in [0.15, 0.2) is 0 Å². The van der Waals surface area contributed by atoms with Crippen molar-refractivity contribution in [1.29, 1.82) is 0 Å². The van der Waals surface area contributed by atoms with Crippen LogP contribution < -0.4 is 11.1 Å². The van der Waals surface area contributed by atoms with Gasteiger partial charge in [0, 0.05) is 13.1 Å². The van der Waals surface area contributed by atoms with Crippen molar-refractivity contribution in [3.05, 3.63) is 0 Å². The first-order valence-electron chi connectivity index (χ1n) is 5.13. The normalized spacial score (nSPS) is 13.4. The number of nitrogens with one attached hydrogen (secondary N) is 1. The maximum absolute atomic E-state index is 11.7. The van der Waals surface area contributed by atoms with E-state index in [-0.39, 0.29) is 11.9 Å². The number of hydrogen-bond donors (Lipinski definition) is 2. The van der Waals surface area contributed by atoms with E-state index < -0.39 is 0 Å². The molecule has 4 nitrogen and oxygen atoms in total. The summed E-state index contributed by atoms with van der Waals surface area (Å²) < 4.78 is 0. The van der Waals surface area contributed by atoms with E-state index in [1.54, 1.807) is 0 Å². The third-order valence-electron chi connectivity index (χ3n) is 2.06. The zero-order valence-electron chi connectivity index (χ0n) is 9.71. The average molecular weight is 201 g/mol. The second-order valence-corrected chi connectivity index (χ2v) is 4.19. The molecule has 14 heavy (non-hydrogen) atoms. The van der Waals surface area contributed by atoms with Crippen LogP contribution in [-0.4, -0.2) is 44.0 Å². The number of nitrogens with two attached hydrogens (primary N) is 1. The van der Waals surface area contributed by atoms with Gasteiger partial charge in [0.1, 0.15) is 0 Å². The monoisotopic (exact) mass is 201 g/mol. The number of carbonyl (C=O) groups is 1. The third kappa shape index (κ3) is 5.19. The predicted molar refractivity (Wildman–Crippen MR) is 59.0 cm³/mol. The Balaban J connectivity index is 4.12. The first-order chi connectivity index (χ1) is 6.49. The molecular weight excluding hydrogens is 178 g/mol. The Kier molecular flexibility index (Phi) is 6.49. The molecule has 0 radical (unpaired) electrons. The maximum atomic E-state index is 11.7. The van der Waals surface area contributed by atoms with E-state index in [1.807, 2.05) is 19.0 Å². The highest BCUT2D eigenvalue weighted by Gasteiger charge is 2.20. The molecule has 0 saturated heterocycles. The largest absolute Gasteiger partial charge is 0.353 e. The van der Waals surface area contributed by atoms with Crippen LogP contribution in [0.1, 0.15) is 20.3 Å². The number of rotatable bonds is 6. The fraction of sp³-hybridized carbons (Fsp3) is 0.900. The van der Waals surface area contributed by atoms with Gasteiger partial charge in [-0.3, -0.25) is 9.69 Å². The molecule has 0 aliphatic carbocycles. The highest BCUT2D eigenvalue weighted by atomic mass is 16.2. The number of likely N-dealkylation sites (N-methyl/N-ethyl adjacent to an activating group) is 1. The summed E-state index contributed by atoms with van der Waals surface area (Å²) in [4.78, 5) is 13.6. The molecule has 0 heterocycles. The van der Waals surface area contributed by atoms with Crippen molar-refractivity contribution < 1.29 is 4.79 Å². The summed E-state index contributed by atoms with van der Waals surface area (Å²) in [6.07, 6.45) is 0.878. The van der Waals surface area contributed by atoms with E-state index in [0.29, 0.717) is 19.0 Å². The Morgan fingerprint density at radius 1 is 1.43 bits per heavy atom. The lowest BCUT2D eigenvalue weighted by atomic mass is 10.0. The summed E-state index contributed by atoms with van der Waals surface area (Å²) >= 11 is 0. The van der Waals surface area contributed by atoms with Gasteiger partial charge in [0.25, 0.3) is 0 Å². The van der Waals surface area contributed by atoms with E-state index in [2.05, 4.69) is 19.2 Å². The average Bonchev–Trinajstić information content (AvgIpc) is 2.09. The standard InChI is InChI=1S/C10H23N3O/c1-8(2)7-9(13(3)4)10(14)12-6-5-11/h8-9H,5-7,11H2,1-4H3,(H,12,14). The van der Waals surface area contributed by atoms with Crippen molar-refractivity contribution in [3.63, 3.8) is 0 Å². The molecule has 3 N–H and O–H groups in total. The Labute approximate surface area is 86.8 Å². The molecule has 0 aromatic carbocycles. The summed E-state index contributed by atoms with van der Waals surface area (Å²) in [5.74, 6) is 0.597. The molecule has 0 rings (SSSR count). The third-order valence-corrected chi connectivity index (χ3v) is 2.06. The lowest BCUT2D eigenvalue weighted by Crippen LogP contribution is -2.45. The minimum atomic E-state index is -0.0402. The van der Waals surface area contributed by atoms with Gasteiger partial charge < -0.3 is 11.1 Å². The SMILES string of the molecule is CC(C)CC(C(=O)NCCN)N(C)C. The van der Waals surface area contributed by atoms with Crippen molar-refractivity contribution in [2.75, 3.05) is 27.2 Å². The van der Waals surface area contributed by atoms with E-state index in [4.69, 9.17) is 5.73 Å². The van der Waals surface area contributed by atoms with Crippen LogP contribution >= 0.6 is 0 Å². The Hall–Kier alpha value is -0.610. The van der Waals surface area contributed by atoms with Gasteiger partial charge in [-0.1, -0.05) is 13.8 Å². The molecule has 0 fully saturated rings. The van der Waals surface area contributed by atoms with E-state index >= 15 is 0 Å². The van der Waals surface area contributed by atoms with Gasteiger partial charge in [0.2, 0.25) is 5.91 Å². The van der Waals surface area contributed by atoms with Crippen LogP contribution in [0.25, 0.3) is 0 Å². The van der Waals surface area contributed by atoms with Gasteiger partial charge in [-0.25, -0.2) is 0 Å². The Morgan fingerprint density at radius 2 is 2.00 bits per heavy atom. The van der Waals surface area contributed by atoms with E-state index in [0.717, 1.165) is 6.42 Å². The van der Waals surface area contributed by atoms with Crippen molar-refractivity contribution in [2.24, 2.45) is 11.7 Å². The van der Waals surface area contributed by atoms with Gasteiger partial charge in [-0.05, 0) is 26.4 Å². The summed E-state index contributed by atoms with van der Waals surface area (Å²) in [7, 11) is 3.85. The van der Waals surface area contributed by atoms with Crippen LogP contribution in [-0.2, 0) is 4.79 Å². The highest BCUT2D eigenvalue weighted by Crippen LogP contribution is 2.08. The molecule has 0 saturated carbocycles. The van der Waals surface area contributed by atoms with Gasteiger partial charge in [-0.15, -0.1) is 0 Å². The second-order valence-electron chi connectivity index (χ2n) is 4.19. The zero-order chi connectivity index (χ0) is 11.1. The smallest absolute Gasteiger partial charge is 0.237 e. The molecule has 1 amide bonds. The predicted octanol–water partition coefficient (Wildman–Crippen LogP) is 0.0376. The van der Waals surface area contributed by atoms with Gasteiger partial charge in [-0.2, -0.15) is 0 Å². The second kappa shape index (κ2) is 6.79. The molecule has 0 aromatic heterocycles. The number of nitrogens with zero attached hydrogens (tertiary/aromatic N) is 1. The number of amides is 1. The van der Waals surface area contributed by atoms with Crippen LogP contribution in [0, 0.1) is 5.92 Å². The Morgan fingerprint density at radius 3 is 2.36 bits per heavy atom. The van der Waals surface area contributed by atoms with E-state index in [9.17, 15) is 4.79 Å². The van der Waals surface area contributed by atoms with Crippen LogP contribution in [0.2, 0.25) is 0 Å². The lowest BCUT2D eigenvalue weighted by Gasteiger charge is -2.24. The van der Waals surface area contributed by atoms with E-state index in [1.165, 1.54) is 0 Å². The van der Waals surface area contributed by atoms with Crippen LogP contribution in [0.3, 0.4) is 0 Å². The molecule has 4 heteroatoms. The lowest BCUT2D eigenvalue weighted by molar-refractivity contribution is -0.126. The molecular formula is C10H23N3O. The minimum Gasteiger partial charge on any atom is -0.353 e. The zero-order valence-corrected chi connectivity index (χ0v) is 9.71. The van der Waals surface area contributed by atoms with Gasteiger partial charge in [0.05, 0.1) is 6.04 Å². The first kappa shape index (κ1) is 13.4. The molecule has 0 aliphatic rings. The minimum absolute atomic E-state index is 0.0402. The van der Waals surface area contributed by atoms with Crippen molar-refractivity contribution in [2.45, 2.75) is 26.3 Å². The molecule has 0 bridgehead atoms. The number of hydrogen-bond acceptors (Lipinski definition) is 3. The summed E-state index contributed by atoms with van der Waals surface area (Å²) in [6.45, 7) is 5.29. The molecule has 0 aromatic rings. The fourth-order valence-corrected chi connectivity index (χ4v) is 1.31. The molecule has 1 unspecified atom stereocenters.